The number of carbonyl (C=O) groups is 1. The highest BCUT2D eigenvalue weighted by molar-refractivity contribution is 6.08. The summed E-state index contributed by atoms with van der Waals surface area (Å²) in [6, 6.07) is 18.2. The first kappa shape index (κ1) is 15.2. The van der Waals surface area contributed by atoms with Gasteiger partial charge in [0.1, 0.15) is 0 Å². The summed E-state index contributed by atoms with van der Waals surface area (Å²) in [5, 5.41) is 2.24. The van der Waals surface area contributed by atoms with Crippen molar-refractivity contribution in [3.05, 3.63) is 88.5 Å². The first-order valence-electron chi connectivity index (χ1n) is 7.83. The summed E-state index contributed by atoms with van der Waals surface area (Å²) < 4.78 is 0. The van der Waals surface area contributed by atoms with E-state index < -0.39 is 0 Å². The summed E-state index contributed by atoms with van der Waals surface area (Å²) >= 11 is 0. The fraction of sp³-hybridized carbons (Fsp3) is 0.136. The standard InChI is InChI=1S/C22H20O/c1-15-12-16(2)21(17(3)13-15)10-11-22(23)20-9-8-18-6-4-5-7-19(18)14-20/h4-14H,1-3H3/b11-10+. The second kappa shape index (κ2) is 6.21. The quantitative estimate of drug-likeness (QED) is 0.450. The van der Waals surface area contributed by atoms with Gasteiger partial charge in [0.15, 0.2) is 5.78 Å². The number of fused-ring (bicyclic) bond motifs is 1. The van der Waals surface area contributed by atoms with Crippen molar-refractivity contribution < 1.29 is 4.79 Å². The topological polar surface area (TPSA) is 17.1 Å². The molecule has 114 valence electrons. The van der Waals surface area contributed by atoms with Gasteiger partial charge in [-0.15, -0.1) is 0 Å². The zero-order valence-corrected chi connectivity index (χ0v) is 13.8. The van der Waals surface area contributed by atoms with Crippen LogP contribution in [0.5, 0.6) is 0 Å². The molecule has 0 radical (unpaired) electrons. The minimum atomic E-state index is 0.0372. The van der Waals surface area contributed by atoms with Crippen molar-refractivity contribution in [1.82, 2.24) is 0 Å². The van der Waals surface area contributed by atoms with Crippen molar-refractivity contribution in [2.75, 3.05) is 0 Å². The molecule has 0 aromatic heterocycles. The van der Waals surface area contributed by atoms with Crippen molar-refractivity contribution >= 4 is 22.6 Å². The van der Waals surface area contributed by atoms with E-state index in [2.05, 4.69) is 39.0 Å². The number of rotatable bonds is 3. The second-order valence-electron chi connectivity index (χ2n) is 6.07. The first-order valence-corrected chi connectivity index (χ1v) is 7.83. The molecular formula is C22H20O. The molecule has 0 heterocycles. The Morgan fingerprint density at radius 1 is 0.826 bits per heavy atom. The highest BCUT2D eigenvalue weighted by atomic mass is 16.1. The van der Waals surface area contributed by atoms with Crippen LogP contribution in [0.25, 0.3) is 16.8 Å². The molecule has 0 aliphatic heterocycles. The summed E-state index contributed by atoms with van der Waals surface area (Å²) in [6.07, 6.45) is 3.61. The molecular weight excluding hydrogens is 280 g/mol. The zero-order chi connectivity index (χ0) is 16.4. The van der Waals surface area contributed by atoms with E-state index in [0.717, 1.165) is 21.9 Å². The summed E-state index contributed by atoms with van der Waals surface area (Å²) in [6.45, 7) is 6.26. The predicted molar refractivity (Wildman–Crippen MR) is 98.0 cm³/mol. The average molecular weight is 300 g/mol. The highest BCUT2D eigenvalue weighted by Crippen LogP contribution is 2.19. The molecule has 0 unspecified atom stereocenters. The predicted octanol–water partition coefficient (Wildman–Crippen LogP) is 5.66. The average Bonchev–Trinajstić information content (AvgIpc) is 2.53. The van der Waals surface area contributed by atoms with Crippen LogP contribution in [0.2, 0.25) is 0 Å². The van der Waals surface area contributed by atoms with E-state index in [9.17, 15) is 4.79 Å². The van der Waals surface area contributed by atoms with Crippen molar-refractivity contribution in [3.8, 4) is 0 Å². The SMILES string of the molecule is Cc1cc(C)c(/C=C/C(=O)c2ccc3ccccc3c2)c(C)c1. The lowest BCUT2D eigenvalue weighted by Crippen LogP contribution is -1.95. The minimum absolute atomic E-state index is 0.0372. The van der Waals surface area contributed by atoms with E-state index in [4.69, 9.17) is 0 Å². The van der Waals surface area contributed by atoms with Crippen LogP contribution in [-0.2, 0) is 0 Å². The first-order chi connectivity index (χ1) is 11.0. The molecule has 0 atom stereocenters. The van der Waals surface area contributed by atoms with Crippen molar-refractivity contribution in [1.29, 1.82) is 0 Å². The Hall–Kier alpha value is -2.67. The van der Waals surface area contributed by atoms with E-state index >= 15 is 0 Å². The molecule has 0 saturated carbocycles. The molecule has 0 aliphatic rings. The molecule has 0 bridgehead atoms. The van der Waals surface area contributed by atoms with Crippen molar-refractivity contribution in [2.24, 2.45) is 0 Å². The molecule has 3 aromatic rings. The van der Waals surface area contributed by atoms with Crippen LogP contribution in [-0.4, -0.2) is 5.78 Å². The Balaban J connectivity index is 1.91. The Labute approximate surface area is 137 Å². The maximum Gasteiger partial charge on any atom is 0.185 e. The van der Waals surface area contributed by atoms with Gasteiger partial charge < -0.3 is 0 Å². The lowest BCUT2D eigenvalue weighted by molar-refractivity contribution is 0.104. The number of carbonyl (C=O) groups excluding carboxylic acids is 1. The zero-order valence-electron chi connectivity index (χ0n) is 13.8. The molecule has 0 fully saturated rings. The minimum Gasteiger partial charge on any atom is -0.289 e. The van der Waals surface area contributed by atoms with Gasteiger partial charge in [-0.1, -0.05) is 60.2 Å². The molecule has 0 aliphatic carbocycles. The van der Waals surface area contributed by atoms with Gasteiger partial charge in [-0.3, -0.25) is 4.79 Å². The van der Waals surface area contributed by atoms with Crippen LogP contribution in [0.15, 0.2) is 60.7 Å². The molecule has 23 heavy (non-hydrogen) atoms. The van der Waals surface area contributed by atoms with Crippen LogP contribution in [0, 0.1) is 20.8 Å². The third-order valence-corrected chi connectivity index (χ3v) is 4.17. The summed E-state index contributed by atoms with van der Waals surface area (Å²) in [5.74, 6) is 0.0372. The Kier molecular flexibility index (Phi) is 4.12. The maximum atomic E-state index is 12.5. The van der Waals surface area contributed by atoms with Gasteiger partial charge in [-0.05, 0) is 60.4 Å². The maximum absolute atomic E-state index is 12.5. The Morgan fingerprint density at radius 2 is 1.48 bits per heavy atom. The number of benzene rings is 3. The van der Waals surface area contributed by atoms with Gasteiger partial charge in [0, 0.05) is 5.56 Å². The summed E-state index contributed by atoms with van der Waals surface area (Å²) in [5.41, 5.74) is 5.50. The highest BCUT2D eigenvalue weighted by Gasteiger charge is 2.05. The lowest BCUT2D eigenvalue weighted by atomic mass is 9.98. The summed E-state index contributed by atoms with van der Waals surface area (Å²) in [4.78, 5) is 12.5. The van der Waals surface area contributed by atoms with Gasteiger partial charge in [-0.25, -0.2) is 0 Å². The number of ketones is 1. The van der Waals surface area contributed by atoms with Gasteiger partial charge in [0.25, 0.3) is 0 Å². The smallest absolute Gasteiger partial charge is 0.185 e. The van der Waals surface area contributed by atoms with E-state index in [-0.39, 0.29) is 5.78 Å². The molecule has 0 N–H and O–H groups in total. The molecule has 0 amide bonds. The van der Waals surface area contributed by atoms with E-state index in [0.29, 0.717) is 0 Å². The Morgan fingerprint density at radius 3 is 2.17 bits per heavy atom. The Bertz CT molecular complexity index is 893. The third-order valence-electron chi connectivity index (χ3n) is 4.17. The van der Waals surface area contributed by atoms with Gasteiger partial charge in [0.05, 0.1) is 0 Å². The largest absolute Gasteiger partial charge is 0.289 e. The second-order valence-corrected chi connectivity index (χ2v) is 6.07. The lowest BCUT2D eigenvalue weighted by Gasteiger charge is -2.07. The van der Waals surface area contributed by atoms with Crippen LogP contribution in [0.3, 0.4) is 0 Å². The van der Waals surface area contributed by atoms with Crippen molar-refractivity contribution in [2.45, 2.75) is 20.8 Å². The molecule has 1 nitrogen and oxygen atoms in total. The third kappa shape index (κ3) is 3.24. The summed E-state index contributed by atoms with van der Waals surface area (Å²) in [7, 11) is 0. The van der Waals surface area contributed by atoms with Crippen LogP contribution >= 0.6 is 0 Å². The van der Waals surface area contributed by atoms with Gasteiger partial charge in [0.2, 0.25) is 0 Å². The monoisotopic (exact) mass is 300 g/mol. The van der Waals surface area contributed by atoms with Crippen LogP contribution < -0.4 is 0 Å². The van der Waals surface area contributed by atoms with E-state index in [1.165, 1.54) is 16.7 Å². The molecule has 0 saturated heterocycles. The van der Waals surface area contributed by atoms with Crippen LogP contribution in [0.1, 0.15) is 32.6 Å². The van der Waals surface area contributed by atoms with E-state index in [1.807, 2.05) is 42.5 Å². The fourth-order valence-electron chi connectivity index (χ4n) is 3.05. The molecule has 3 aromatic carbocycles. The number of hydrogen-bond acceptors (Lipinski definition) is 1. The molecule has 0 spiro atoms. The van der Waals surface area contributed by atoms with Crippen molar-refractivity contribution in [3.63, 3.8) is 0 Å². The van der Waals surface area contributed by atoms with E-state index in [1.54, 1.807) is 6.08 Å². The normalized spacial score (nSPS) is 11.3. The van der Waals surface area contributed by atoms with Crippen LogP contribution in [0.4, 0.5) is 0 Å². The number of allylic oxidation sites excluding steroid dienone is 1. The molecule has 3 rings (SSSR count). The van der Waals surface area contributed by atoms with Gasteiger partial charge >= 0.3 is 0 Å². The molecule has 1 heteroatoms. The number of hydrogen-bond donors (Lipinski definition) is 0. The van der Waals surface area contributed by atoms with Gasteiger partial charge in [-0.2, -0.15) is 0 Å². The number of aryl methyl sites for hydroxylation is 3. The fourth-order valence-corrected chi connectivity index (χ4v) is 3.05.